The monoisotopic (exact) mass is 318 g/mol. The number of aromatic nitrogens is 2. The van der Waals surface area contributed by atoms with Gasteiger partial charge in [0.25, 0.3) is 5.91 Å². The number of hydrogen-bond donors (Lipinski definition) is 2. The van der Waals surface area contributed by atoms with Crippen molar-refractivity contribution in [1.29, 1.82) is 0 Å². The van der Waals surface area contributed by atoms with Gasteiger partial charge in [-0.2, -0.15) is 5.10 Å². The van der Waals surface area contributed by atoms with Crippen LogP contribution in [0.25, 0.3) is 0 Å². The summed E-state index contributed by atoms with van der Waals surface area (Å²) in [5.74, 6) is -0.0323. The number of carbonyl (C=O) groups is 1. The van der Waals surface area contributed by atoms with E-state index in [0.29, 0.717) is 18.8 Å². The van der Waals surface area contributed by atoms with Gasteiger partial charge in [-0.25, -0.2) is 0 Å². The Hall–Kier alpha value is -1.85. The number of nitrogens with zero attached hydrogens (tertiary/aromatic N) is 2. The van der Waals surface area contributed by atoms with E-state index in [1.54, 1.807) is 4.90 Å². The average molecular weight is 319 g/mol. The largest absolute Gasteiger partial charge is 0.340 e. The maximum atomic E-state index is 12.5. The molecule has 0 radical (unpaired) electrons. The highest BCUT2D eigenvalue weighted by Gasteiger charge is 2.23. The Morgan fingerprint density at radius 3 is 2.91 bits per heavy atom. The molecule has 0 fully saturated rings. The van der Waals surface area contributed by atoms with Crippen LogP contribution in [0.5, 0.6) is 0 Å². The molecule has 0 spiro atoms. The van der Waals surface area contributed by atoms with Gasteiger partial charge in [0.15, 0.2) is 5.69 Å². The average Bonchev–Trinajstić information content (AvgIpc) is 2.97. The summed E-state index contributed by atoms with van der Waals surface area (Å²) in [6.07, 6.45) is 1.69. The Balaban J connectivity index is 1.64. The molecule has 22 heavy (non-hydrogen) atoms. The lowest BCUT2D eigenvalue weighted by Crippen LogP contribution is -2.31. The van der Waals surface area contributed by atoms with Gasteiger partial charge in [-0.1, -0.05) is 23.7 Å². The molecule has 0 atom stereocenters. The van der Waals surface area contributed by atoms with Crippen LogP contribution in [0, 0.1) is 0 Å². The van der Waals surface area contributed by atoms with Crippen LogP contribution in [0.4, 0.5) is 0 Å². The number of likely N-dealkylation sites (N-methyl/N-ethyl adjacent to an activating group) is 1. The topological polar surface area (TPSA) is 61.0 Å². The highest BCUT2D eigenvalue weighted by molar-refractivity contribution is 6.30. The summed E-state index contributed by atoms with van der Waals surface area (Å²) >= 11 is 5.88. The second-order valence-electron chi connectivity index (χ2n) is 5.56. The van der Waals surface area contributed by atoms with Gasteiger partial charge in [0, 0.05) is 49.4 Å². The number of aromatic amines is 1. The van der Waals surface area contributed by atoms with Gasteiger partial charge in [-0.3, -0.25) is 9.89 Å². The Labute approximate surface area is 134 Å². The van der Waals surface area contributed by atoms with E-state index in [1.807, 2.05) is 31.3 Å². The zero-order valence-electron chi connectivity index (χ0n) is 12.5. The molecule has 0 aliphatic carbocycles. The molecule has 116 valence electrons. The quantitative estimate of drug-likeness (QED) is 0.906. The van der Waals surface area contributed by atoms with Crippen LogP contribution in [-0.4, -0.2) is 41.1 Å². The number of carbonyl (C=O) groups excluding carboxylic acids is 1. The second-order valence-corrected chi connectivity index (χ2v) is 6.00. The molecular formula is C16H19ClN4O. The van der Waals surface area contributed by atoms with Gasteiger partial charge in [-0.05, 0) is 24.1 Å². The first-order chi connectivity index (χ1) is 10.6. The first-order valence-electron chi connectivity index (χ1n) is 7.42. The second kappa shape index (κ2) is 6.50. The number of H-pyrrole nitrogens is 1. The fraction of sp³-hybridized carbons (Fsp3) is 0.375. The first kappa shape index (κ1) is 15.1. The molecule has 1 amide bonds. The standard InChI is InChI=1S/C16H19ClN4O/c1-21(9-7-11-2-4-12(17)5-3-11)16(22)15-13-10-18-8-6-14(13)19-20-15/h2-5,18H,6-10H2,1H3,(H,19,20). The third kappa shape index (κ3) is 3.15. The van der Waals surface area contributed by atoms with Gasteiger partial charge < -0.3 is 10.2 Å². The zero-order valence-corrected chi connectivity index (χ0v) is 13.3. The van der Waals surface area contributed by atoms with Crippen LogP contribution in [0.3, 0.4) is 0 Å². The fourth-order valence-corrected chi connectivity index (χ4v) is 2.76. The molecule has 2 aromatic rings. The smallest absolute Gasteiger partial charge is 0.274 e. The zero-order chi connectivity index (χ0) is 15.5. The first-order valence-corrected chi connectivity index (χ1v) is 7.79. The van der Waals surface area contributed by atoms with Crippen molar-refractivity contribution >= 4 is 17.5 Å². The van der Waals surface area contributed by atoms with Crippen molar-refractivity contribution in [3.63, 3.8) is 0 Å². The molecule has 1 aromatic heterocycles. The van der Waals surface area contributed by atoms with Crippen molar-refractivity contribution in [3.05, 3.63) is 51.8 Å². The maximum absolute atomic E-state index is 12.5. The number of rotatable bonds is 4. The van der Waals surface area contributed by atoms with Crippen LogP contribution < -0.4 is 5.32 Å². The lowest BCUT2D eigenvalue weighted by atomic mass is 10.1. The van der Waals surface area contributed by atoms with E-state index in [1.165, 1.54) is 0 Å². The van der Waals surface area contributed by atoms with Crippen LogP contribution in [0.1, 0.15) is 27.3 Å². The molecule has 1 aromatic carbocycles. The minimum absolute atomic E-state index is 0.0323. The molecule has 3 rings (SSSR count). The van der Waals surface area contributed by atoms with E-state index in [0.717, 1.165) is 41.2 Å². The van der Waals surface area contributed by atoms with Crippen molar-refractivity contribution in [2.45, 2.75) is 19.4 Å². The van der Waals surface area contributed by atoms with Gasteiger partial charge in [-0.15, -0.1) is 0 Å². The lowest BCUT2D eigenvalue weighted by Gasteiger charge is -2.18. The van der Waals surface area contributed by atoms with Crippen molar-refractivity contribution in [1.82, 2.24) is 20.4 Å². The molecule has 1 aliphatic heterocycles. The molecular weight excluding hydrogens is 300 g/mol. The van der Waals surface area contributed by atoms with Crippen molar-refractivity contribution in [3.8, 4) is 0 Å². The van der Waals surface area contributed by atoms with E-state index in [4.69, 9.17) is 11.6 Å². The SMILES string of the molecule is CN(CCc1ccc(Cl)cc1)C(=O)c1n[nH]c2c1CNCC2. The van der Waals surface area contributed by atoms with E-state index in [-0.39, 0.29) is 5.91 Å². The number of benzene rings is 1. The lowest BCUT2D eigenvalue weighted by molar-refractivity contribution is 0.0789. The molecule has 0 saturated carbocycles. The molecule has 0 bridgehead atoms. The summed E-state index contributed by atoms with van der Waals surface area (Å²) in [6.45, 7) is 2.28. The number of hydrogen-bond acceptors (Lipinski definition) is 3. The van der Waals surface area contributed by atoms with Gasteiger partial charge in [0.05, 0.1) is 0 Å². The van der Waals surface area contributed by atoms with Gasteiger partial charge in [0.1, 0.15) is 0 Å². The number of fused-ring (bicyclic) bond motifs is 1. The predicted molar refractivity (Wildman–Crippen MR) is 86.1 cm³/mol. The Bertz CT molecular complexity index is 665. The van der Waals surface area contributed by atoms with Crippen molar-refractivity contribution in [2.75, 3.05) is 20.1 Å². The minimum atomic E-state index is -0.0323. The van der Waals surface area contributed by atoms with E-state index < -0.39 is 0 Å². The molecule has 5 nitrogen and oxygen atoms in total. The molecule has 2 heterocycles. The van der Waals surface area contributed by atoms with Gasteiger partial charge >= 0.3 is 0 Å². The third-order valence-electron chi connectivity index (χ3n) is 4.00. The Morgan fingerprint density at radius 2 is 2.14 bits per heavy atom. The number of halogens is 1. The van der Waals surface area contributed by atoms with E-state index in [2.05, 4.69) is 15.5 Å². The highest BCUT2D eigenvalue weighted by Crippen LogP contribution is 2.17. The fourth-order valence-electron chi connectivity index (χ4n) is 2.63. The summed E-state index contributed by atoms with van der Waals surface area (Å²) in [5.41, 5.74) is 3.79. The predicted octanol–water partition coefficient (Wildman–Crippen LogP) is 2.02. The van der Waals surface area contributed by atoms with Crippen LogP contribution in [-0.2, 0) is 19.4 Å². The molecule has 6 heteroatoms. The number of amides is 1. The van der Waals surface area contributed by atoms with Crippen LogP contribution in [0.15, 0.2) is 24.3 Å². The highest BCUT2D eigenvalue weighted by atomic mass is 35.5. The normalized spacial score (nSPS) is 13.7. The summed E-state index contributed by atoms with van der Waals surface area (Å²) in [4.78, 5) is 14.3. The third-order valence-corrected chi connectivity index (χ3v) is 4.26. The summed E-state index contributed by atoms with van der Waals surface area (Å²) in [5, 5.41) is 11.2. The molecule has 0 unspecified atom stereocenters. The summed E-state index contributed by atoms with van der Waals surface area (Å²) < 4.78 is 0. The van der Waals surface area contributed by atoms with Crippen molar-refractivity contribution < 1.29 is 4.79 Å². The number of nitrogens with one attached hydrogen (secondary N) is 2. The Kier molecular flexibility index (Phi) is 4.45. The van der Waals surface area contributed by atoms with Crippen LogP contribution in [0.2, 0.25) is 5.02 Å². The Morgan fingerprint density at radius 1 is 1.36 bits per heavy atom. The van der Waals surface area contributed by atoms with Crippen LogP contribution >= 0.6 is 11.6 Å². The molecule has 1 aliphatic rings. The van der Waals surface area contributed by atoms with E-state index in [9.17, 15) is 4.79 Å². The van der Waals surface area contributed by atoms with Crippen molar-refractivity contribution in [2.24, 2.45) is 0 Å². The maximum Gasteiger partial charge on any atom is 0.274 e. The van der Waals surface area contributed by atoms with E-state index >= 15 is 0 Å². The minimum Gasteiger partial charge on any atom is -0.340 e. The summed E-state index contributed by atoms with van der Waals surface area (Å²) in [6, 6.07) is 7.71. The molecule has 0 saturated heterocycles. The summed E-state index contributed by atoms with van der Waals surface area (Å²) in [7, 11) is 1.82. The van der Waals surface area contributed by atoms with Gasteiger partial charge in [0.2, 0.25) is 0 Å². The molecule has 2 N–H and O–H groups in total.